The van der Waals surface area contributed by atoms with E-state index in [0.717, 1.165) is 16.7 Å². The molecule has 0 unspecified atom stereocenters. The van der Waals surface area contributed by atoms with Crippen LogP contribution >= 0.6 is 0 Å². The fourth-order valence-corrected chi connectivity index (χ4v) is 1.63. The Balaban J connectivity index is 2.48. The molecule has 0 saturated heterocycles. The minimum atomic E-state index is -0.0110. The van der Waals surface area contributed by atoms with Gasteiger partial charge in [-0.2, -0.15) is 0 Å². The Morgan fingerprint density at radius 2 is 2.12 bits per heavy atom. The van der Waals surface area contributed by atoms with Crippen molar-refractivity contribution in [2.24, 2.45) is 12.8 Å². The van der Waals surface area contributed by atoms with Gasteiger partial charge in [-0.15, -0.1) is 0 Å². The molecular weight excluding hydrogens is 204 g/mol. The van der Waals surface area contributed by atoms with E-state index in [9.17, 15) is 4.79 Å². The molecule has 0 aliphatic heterocycles. The highest BCUT2D eigenvalue weighted by Crippen LogP contribution is 2.18. The monoisotopic (exact) mass is 218 g/mol. The molecule has 1 aromatic carbocycles. The van der Waals surface area contributed by atoms with Crippen LogP contribution in [-0.2, 0) is 7.05 Å². The summed E-state index contributed by atoms with van der Waals surface area (Å²) in [5.74, 6) is 0.775. The summed E-state index contributed by atoms with van der Waals surface area (Å²) in [4.78, 5) is 11.4. The second-order valence-electron chi connectivity index (χ2n) is 3.59. The van der Waals surface area contributed by atoms with Crippen molar-refractivity contribution < 1.29 is 4.74 Å². The van der Waals surface area contributed by atoms with Gasteiger partial charge in [0.15, 0.2) is 0 Å². The number of pyridine rings is 1. The van der Waals surface area contributed by atoms with Crippen LogP contribution in [0.1, 0.15) is 0 Å². The Labute approximate surface area is 93.3 Å². The van der Waals surface area contributed by atoms with Crippen molar-refractivity contribution in [1.29, 1.82) is 0 Å². The SMILES string of the molecule is Cn1c(=O)ccc2cc(OCCN)ccc21. The third kappa shape index (κ3) is 1.92. The van der Waals surface area contributed by atoms with Crippen LogP contribution in [0.15, 0.2) is 35.1 Å². The van der Waals surface area contributed by atoms with Crippen LogP contribution in [0, 0.1) is 0 Å². The molecule has 0 fully saturated rings. The summed E-state index contributed by atoms with van der Waals surface area (Å²) in [6.07, 6.45) is 0. The van der Waals surface area contributed by atoms with Crippen LogP contribution in [0.5, 0.6) is 5.75 Å². The standard InChI is InChI=1S/C12H14N2O2/c1-14-11-4-3-10(16-7-6-13)8-9(11)2-5-12(14)15/h2-5,8H,6-7,13H2,1H3. The third-order valence-corrected chi connectivity index (χ3v) is 2.48. The molecule has 4 nitrogen and oxygen atoms in total. The molecule has 0 saturated carbocycles. The zero-order valence-electron chi connectivity index (χ0n) is 9.14. The molecule has 4 heteroatoms. The normalized spacial score (nSPS) is 10.6. The van der Waals surface area contributed by atoms with E-state index in [4.69, 9.17) is 10.5 Å². The molecule has 2 rings (SSSR count). The summed E-state index contributed by atoms with van der Waals surface area (Å²) in [5, 5.41) is 0.983. The van der Waals surface area contributed by atoms with Crippen LogP contribution in [0.3, 0.4) is 0 Å². The highest BCUT2D eigenvalue weighted by Gasteiger charge is 2.00. The smallest absolute Gasteiger partial charge is 0.250 e. The first kappa shape index (κ1) is 10.7. The summed E-state index contributed by atoms with van der Waals surface area (Å²) in [7, 11) is 1.76. The largest absolute Gasteiger partial charge is 0.492 e. The van der Waals surface area contributed by atoms with E-state index >= 15 is 0 Å². The maximum atomic E-state index is 11.4. The maximum absolute atomic E-state index is 11.4. The van der Waals surface area contributed by atoms with Gasteiger partial charge in [0.2, 0.25) is 0 Å². The number of ether oxygens (including phenoxy) is 1. The first-order valence-electron chi connectivity index (χ1n) is 5.15. The van der Waals surface area contributed by atoms with Gasteiger partial charge in [0.05, 0.1) is 5.52 Å². The molecule has 0 aliphatic rings. The predicted molar refractivity (Wildman–Crippen MR) is 63.7 cm³/mol. The third-order valence-electron chi connectivity index (χ3n) is 2.48. The maximum Gasteiger partial charge on any atom is 0.250 e. The summed E-state index contributed by atoms with van der Waals surface area (Å²) >= 11 is 0. The quantitative estimate of drug-likeness (QED) is 0.831. The van der Waals surface area contributed by atoms with E-state index in [2.05, 4.69) is 0 Å². The van der Waals surface area contributed by atoms with Crippen molar-refractivity contribution in [3.63, 3.8) is 0 Å². The topological polar surface area (TPSA) is 57.2 Å². The minimum absolute atomic E-state index is 0.0110. The zero-order chi connectivity index (χ0) is 11.5. The van der Waals surface area contributed by atoms with Crippen molar-refractivity contribution in [2.75, 3.05) is 13.2 Å². The lowest BCUT2D eigenvalue weighted by atomic mass is 10.2. The number of hydrogen-bond acceptors (Lipinski definition) is 3. The average molecular weight is 218 g/mol. The van der Waals surface area contributed by atoms with Crippen LogP contribution in [0.25, 0.3) is 10.9 Å². The molecule has 0 spiro atoms. The van der Waals surface area contributed by atoms with Gasteiger partial charge in [-0.05, 0) is 24.3 Å². The van der Waals surface area contributed by atoms with E-state index < -0.39 is 0 Å². The van der Waals surface area contributed by atoms with Gasteiger partial charge in [-0.3, -0.25) is 4.79 Å². The number of rotatable bonds is 3. The first-order chi connectivity index (χ1) is 7.72. The van der Waals surface area contributed by atoms with Gasteiger partial charge >= 0.3 is 0 Å². The number of hydrogen-bond donors (Lipinski definition) is 1. The van der Waals surface area contributed by atoms with E-state index in [-0.39, 0.29) is 5.56 Å². The molecule has 16 heavy (non-hydrogen) atoms. The fourth-order valence-electron chi connectivity index (χ4n) is 1.63. The van der Waals surface area contributed by atoms with Crippen LogP contribution < -0.4 is 16.0 Å². The lowest BCUT2D eigenvalue weighted by Crippen LogP contribution is -2.15. The zero-order valence-corrected chi connectivity index (χ0v) is 9.14. The van der Waals surface area contributed by atoms with Crippen molar-refractivity contribution in [1.82, 2.24) is 4.57 Å². The van der Waals surface area contributed by atoms with E-state index in [1.807, 2.05) is 18.2 Å². The van der Waals surface area contributed by atoms with Gasteiger partial charge in [-0.1, -0.05) is 0 Å². The van der Waals surface area contributed by atoms with Crippen molar-refractivity contribution >= 4 is 10.9 Å². The number of nitrogens with zero attached hydrogens (tertiary/aromatic N) is 1. The lowest BCUT2D eigenvalue weighted by Gasteiger charge is -2.07. The number of aryl methyl sites for hydroxylation is 1. The molecule has 2 N–H and O–H groups in total. The number of nitrogens with two attached hydrogens (primary N) is 1. The van der Waals surface area contributed by atoms with Gasteiger partial charge < -0.3 is 15.0 Å². The number of benzene rings is 1. The molecular formula is C12H14N2O2. The van der Waals surface area contributed by atoms with Crippen LogP contribution in [0.4, 0.5) is 0 Å². The minimum Gasteiger partial charge on any atom is -0.492 e. The van der Waals surface area contributed by atoms with Gasteiger partial charge in [-0.25, -0.2) is 0 Å². The molecule has 0 radical (unpaired) electrons. The van der Waals surface area contributed by atoms with Crippen molar-refractivity contribution in [3.8, 4) is 5.75 Å². The van der Waals surface area contributed by atoms with E-state index in [0.29, 0.717) is 13.2 Å². The summed E-state index contributed by atoms with van der Waals surface area (Å²) in [5.41, 5.74) is 6.25. The Hall–Kier alpha value is -1.81. The Bertz CT molecular complexity index is 560. The molecule has 1 aromatic heterocycles. The van der Waals surface area contributed by atoms with E-state index in [1.165, 1.54) is 0 Å². The second kappa shape index (κ2) is 4.37. The highest BCUT2D eigenvalue weighted by molar-refractivity contribution is 5.80. The van der Waals surface area contributed by atoms with Crippen LogP contribution in [0.2, 0.25) is 0 Å². The number of aromatic nitrogens is 1. The van der Waals surface area contributed by atoms with Crippen molar-refractivity contribution in [2.45, 2.75) is 0 Å². The van der Waals surface area contributed by atoms with Gasteiger partial charge in [0.1, 0.15) is 12.4 Å². The molecule has 0 atom stereocenters. The second-order valence-corrected chi connectivity index (χ2v) is 3.59. The van der Waals surface area contributed by atoms with Crippen molar-refractivity contribution in [3.05, 3.63) is 40.7 Å². The molecule has 1 heterocycles. The average Bonchev–Trinajstić information content (AvgIpc) is 2.31. The summed E-state index contributed by atoms with van der Waals surface area (Å²) in [6.45, 7) is 0.989. The predicted octanol–water partition coefficient (Wildman–Crippen LogP) is 0.876. The molecule has 0 amide bonds. The van der Waals surface area contributed by atoms with Gasteiger partial charge in [0, 0.05) is 25.0 Å². The fraction of sp³-hybridized carbons (Fsp3) is 0.250. The molecule has 0 aliphatic carbocycles. The Morgan fingerprint density at radius 3 is 2.88 bits per heavy atom. The molecule has 2 aromatic rings. The van der Waals surface area contributed by atoms with Gasteiger partial charge in [0.25, 0.3) is 5.56 Å². The Morgan fingerprint density at radius 1 is 1.31 bits per heavy atom. The molecule has 84 valence electrons. The number of fused-ring (bicyclic) bond motifs is 1. The van der Waals surface area contributed by atoms with E-state index in [1.54, 1.807) is 23.7 Å². The first-order valence-corrected chi connectivity index (χ1v) is 5.15. The molecule has 0 bridgehead atoms. The highest BCUT2D eigenvalue weighted by atomic mass is 16.5. The summed E-state index contributed by atoms with van der Waals surface area (Å²) in [6, 6.07) is 8.98. The van der Waals surface area contributed by atoms with Crippen LogP contribution in [-0.4, -0.2) is 17.7 Å². The summed E-state index contributed by atoms with van der Waals surface area (Å²) < 4.78 is 7.03. The lowest BCUT2D eigenvalue weighted by molar-refractivity contribution is 0.329. The Kier molecular flexibility index (Phi) is 2.92.